The number of amides is 1. The first-order valence-corrected chi connectivity index (χ1v) is 11.1. The second kappa shape index (κ2) is 9.82. The van der Waals surface area contributed by atoms with Gasteiger partial charge < -0.3 is 10.1 Å². The van der Waals surface area contributed by atoms with E-state index in [9.17, 15) is 4.79 Å². The molecule has 1 aliphatic heterocycles. The maximum Gasteiger partial charge on any atom is 0.251 e. The second-order valence-electron chi connectivity index (χ2n) is 7.56. The van der Waals surface area contributed by atoms with Gasteiger partial charge in [-0.3, -0.25) is 14.7 Å². The molecule has 156 valence electrons. The first-order chi connectivity index (χ1) is 14.7. The third kappa shape index (κ3) is 5.64. The highest BCUT2D eigenvalue weighted by molar-refractivity contribution is 7.09. The van der Waals surface area contributed by atoms with Crippen molar-refractivity contribution in [2.24, 2.45) is 0 Å². The molecule has 2 aromatic heterocycles. The fourth-order valence-electron chi connectivity index (χ4n) is 3.61. The molecule has 30 heavy (non-hydrogen) atoms. The van der Waals surface area contributed by atoms with Crippen LogP contribution in [0.2, 0.25) is 0 Å². The largest absolute Gasteiger partial charge is 0.487 e. The van der Waals surface area contributed by atoms with Gasteiger partial charge in [0.05, 0.1) is 10.7 Å². The number of carbonyl (C=O) groups is 1. The van der Waals surface area contributed by atoms with Crippen molar-refractivity contribution < 1.29 is 9.53 Å². The fourth-order valence-corrected chi connectivity index (χ4v) is 4.21. The summed E-state index contributed by atoms with van der Waals surface area (Å²) in [5.74, 6) is 0.634. The summed E-state index contributed by atoms with van der Waals surface area (Å²) in [7, 11) is 0. The summed E-state index contributed by atoms with van der Waals surface area (Å²) in [4.78, 5) is 23.7. The van der Waals surface area contributed by atoms with Gasteiger partial charge in [-0.1, -0.05) is 12.1 Å². The average Bonchev–Trinajstić information content (AvgIpc) is 3.20. The molecule has 0 atom stereocenters. The topological polar surface area (TPSA) is 67.3 Å². The van der Waals surface area contributed by atoms with Crippen LogP contribution in [0.15, 0.2) is 54.2 Å². The number of rotatable bonds is 7. The van der Waals surface area contributed by atoms with Crippen LogP contribution in [0.25, 0.3) is 0 Å². The van der Waals surface area contributed by atoms with Gasteiger partial charge in [0.15, 0.2) is 0 Å². The van der Waals surface area contributed by atoms with Crippen molar-refractivity contribution in [2.75, 3.05) is 13.1 Å². The minimum atomic E-state index is -0.0457. The minimum absolute atomic E-state index is 0.0457. The van der Waals surface area contributed by atoms with E-state index in [2.05, 4.69) is 26.3 Å². The van der Waals surface area contributed by atoms with Crippen LogP contribution in [-0.2, 0) is 13.2 Å². The number of pyridine rings is 1. The van der Waals surface area contributed by atoms with Crippen molar-refractivity contribution in [1.82, 2.24) is 20.2 Å². The van der Waals surface area contributed by atoms with E-state index < -0.39 is 0 Å². The smallest absolute Gasteiger partial charge is 0.251 e. The fraction of sp³-hybridized carbons (Fsp3) is 0.348. The molecule has 0 spiro atoms. The van der Waals surface area contributed by atoms with E-state index in [0.29, 0.717) is 17.9 Å². The zero-order chi connectivity index (χ0) is 20.8. The quantitative estimate of drug-likeness (QED) is 0.627. The van der Waals surface area contributed by atoms with Gasteiger partial charge in [-0.2, -0.15) is 0 Å². The lowest BCUT2D eigenvalue weighted by Gasteiger charge is -2.32. The number of likely N-dealkylation sites (tertiary alicyclic amines) is 1. The van der Waals surface area contributed by atoms with E-state index in [1.807, 2.05) is 42.8 Å². The predicted molar refractivity (Wildman–Crippen MR) is 118 cm³/mol. The van der Waals surface area contributed by atoms with Crippen LogP contribution in [0.3, 0.4) is 0 Å². The summed E-state index contributed by atoms with van der Waals surface area (Å²) in [5.41, 5.74) is 2.76. The van der Waals surface area contributed by atoms with Crippen molar-refractivity contribution in [2.45, 2.75) is 39.0 Å². The lowest BCUT2D eigenvalue weighted by Crippen LogP contribution is -2.44. The molecule has 6 nitrogen and oxygen atoms in total. The Hall–Kier alpha value is -2.77. The number of carbonyl (C=O) groups excluding carboxylic acids is 1. The lowest BCUT2D eigenvalue weighted by molar-refractivity contribution is 0.0908. The van der Waals surface area contributed by atoms with Crippen molar-refractivity contribution in [3.05, 3.63) is 76.0 Å². The molecule has 1 aromatic carbocycles. The van der Waals surface area contributed by atoms with E-state index in [1.165, 1.54) is 5.56 Å². The van der Waals surface area contributed by atoms with Crippen LogP contribution < -0.4 is 10.1 Å². The van der Waals surface area contributed by atoms with Crippen molar-refractivity contribution in [3.8, 4) is 5.75 Å². The zero-order valence-electron chi connectivity index (χ0n) is 17.1. The Bertz CT molecular complexity index is 968. The number of aryl methyl sites for hydroxylation is 1. The number of benzene rings is 1. The molecule has 1 amide bonds. The highest BCUT2D eigenvalue weighted by atomic mass is 32.1. The number of thiazole rings is 1. The SMILES string of the molecule is Cc1nc(COc2cccc(C(=O)NC3CCN(Cc4cccnc4)CC3)c2)cs1. The number of hydrogen-bond donors (Lipinski definition) is 1. The van der Waals surface area contributed by atoms with Crippen LogP contribution in [0.1, 0.15) is 39.5 Å². The van der Waals surface area contributed by atoms with Gasteiger partial charge in [0, 0.05) is 49.0 Å². The zero-order valence-corrected chi connectivity index (χ0v) is 17.9. The molecule has 0 radical (unpaired) electrons. The van der Waals surface area contributed by atoms with Crippen molar-refractivity contribution in [1.29, 1.82) is 0 Å². The Morgan fingerprint density at radius 3 is 2.87 bits per heavy atom. The molecular weight excluding hydrogens is 396 g/mol. The van der Waals surface area contributed by atoms with Crippen LogP contribution in [0.5, 0.6) is 5.75 Å². The summed E-state index contributed by atoms with van der Waals surface area (Å²) >= 11 is 1.61. The third-order valence-corrected chi connectivity index (χ3v) is 6.02. The molecule has 1 saturated heterocycles. The maximum absolute atomic E-state index is 12.7. The number of aromatic nitrogens is 2. The van der Waals surface area contributed by atoms with Gasteiger partial charge in [-0.05, 0) is 49.6 Å². The van der Waals surface area contributed by atoms with Gasteiger partial charge in [-0.25, -0.2) is 4.98 Å². The second-order valence-corrected chi connectivity index (χ2v) is 8.62. The van der Waals surface area contributed by atoms with Gasteiger partial charge in [0.2, 0.25) is 0 Å². The van der Waals surface area contributed by atoms with E-state index in [1.54, 1.807) is 23.6 Å². The molecule has 0 aliphatic carbocycles. The number of nitrogens with zero attached hydrogens (tertiary/aromatic N) is 3. The van der Waals surface area contributed by atoms with E-state index in [-0.39, 0.29) is 11.9 Å². The minimum Gasteiger partial charge on any atom is -0.487 e. The van der Waals surface area contributed by atoms with E-state index in [4.69, 9.17) is 4.74 Å². The maximum atomic E-state index is 12.7. The molecule has 0 saturated carbocycles. The summed E-state index contributed by atoms with van der Waals surface area (Å²) in [6, 6.07) is 11.6. The van der Waals surface area contributed by atoms with E-state index >= 15 is 0 Å². The molecule has 1 N–H and O–H groups in total. The lowest BCUT2D eigenvalue weighted by atomic mass is 10.0. The summed E-state index contributed by atoms with van der Waals surface area (Å²) < 4.78 is 5.81. The Morgan fingerprint density at radius 2 is 2.13 bits per heavy atom. The molecule has 3 aromatic rings. The summed E-state index contributed by atoms with van der Waals surface area (Å²) in [5, 5.41) is 6.19. The molecule has 1 fully saturated rings. The Labute approximate surface area is 180 Å². The van der Waals surface area contributed by atoms with Gasteiger partial charge in [-0.15, -0.1) is 11.3 Å². The summed E-state index contributed by atoms with van der Waals surface area (Å²) in [6.45, 7) is 5.23. The molecule has 0 unspecified atom stereocenters. The summed E-state index contributed by atoms with van der Waals surface area (Å²) in [6.07, 6.45) is 5.61. The Morgan fingerprint density at radius 1 is 1.27 bits per heavy atom. The van der Waals surface area contributed by atoms with Crippen LogP contribution in [0, 0.1) is 6.92 Å². The van der Waals surface area contributed by atoms with Gasteiger partial charge in [0.1, 0.15) is 12.4 Å². The Balaban J connectivity index is 1.26. The highest BCUT2D eigenvalue weighted by Gasteiger charge is 2.21. The van der Waals surface area contributed by atoms with Crippen LogP contribution >= 0.6 is 11.3 Å². The number of hydrogen-bond acceptors (Lipinski definition) is 6. The standard InChI is InChI=1S/C23H26N4O2S/c1-17-25-21(16-30-17)15-29-22-6-2-5-19(12-22)23(28)26-20-7-10-27(11-8-20)14-18-4-3-9-24-13-18/h2-6,9,12-13,16,20H,7-8,10-11,14-15H2,1H3,(H,26,28). The van der Waals surface area contributed by atoms with Gasteiger partial charge >= 0.3 is 0 Å². The van der Waals surface area contributed by atoms with Gasteiger partial charge in [0.25, 0.3) is 5.91 Å². The molecule has 3 heterocycles. The highest BCUT2D eigenvalue weighted by Crippen LogP contribution is 2.18. The van der Waals surface area contributed by atoms with E-state index in [0.717, 1.165) is 43.2 Å². The normalized spacial score (nSPS) is 15.1. The molecule has 4 rings (SSSR count). The number of piperidine rings is 1. The first kappa shape index (κ1) is 20.5. The Kier molecular flexibility index (Phi) is 6.71. The number of nitrogens with one attached hydrogen (secondary N) is 1. The third-order valence-electron chi connectivity index (χ3n) is 5.20. The van der Waals surface area contributed by atoms with Crippen LogP contribution in [-0.4, -0.2) is 39.9 Å². The average molecular weight is 423 g/mol. The molecule has 1 aliphatic rings. The molecule has 7 heteroatoms. The van der Waals surface area contributed by atoms with Crippen molar-refractivity contribution in [3.63, 3.8) is 0 Å². The van der Waals surface area contributed by atoms with Crippen LogP contribution in [0.4, 0.5) is 0 Å². The molecular formula is C23H26N4O2S. The van der Waals surface area contributed by atoms with Crippen molar-refractivity contribution >= 4 is 17.2 Å². The predicted octanol–water partition coefficient (Wildman–Crippen LogP) is 3.82. The number of ether oxygens (including phenoxy) is 1. The molecule has 0 bridgehead atoms. The first-order valence-electron chi connectivity index (χ1n) is 10.2. The monoisotopic (exact) mass is 422 g/mol.